The van der Waals surface area contributed by atoms with Crippen LogP contribution in [0.5, 0.6) is 5.88 Å². The topological polar surface area (TPSA) is 98.8 Å². The molecule has 0 saturated heterocycles. The first-order valence-corrected chi connectivity index (χ1v) is 10.7. The number of hydrogen-bond acceptors (Lipinski definition) is 7. The van der Waals surface area contributed by atoms with Crippen LogP contribution >= 0.6 is 0 Å². The Morgan fingerprint density at radius 3 is 2.73 bits per heavy atom. The van der Waals surface area contributed by atoms with Crippen molar-refractivity contribution in [2.75, 3.05) is 11.1 Å². The molecule has 2 aromatic carbocycles. The SMILES string of the molecule is Cc1cc2c(N)nccc2c(C)c1CNc1cc(OCc2ccc3ncccc3c2)ncn1. The molecule has 0 radical (unpaired) electrons. The molecule has 3 N–H and O–H groups in total. The van der Waals surface area contributed by atoms with Crippen LogP contribution in [0.4, 0.5) is 11.6 Å². The Hall–Kier alpha value is -4.26. The highest BCUT2D eigenvalue weighted by atomic mass is 16.5. The van der Waals surface area contributed by atoms with Gasteiger partial charge >= 0.3 is 0 Å². The van der Waals surface area contributed by atoms with Crippen molar-refractivity contribution in [2.24, 2.45) is 0 Å². The van der Waals surface area contributed by atoms with E-state index in [1.54, 1.807) is 12.4 Å². The van der Waals surface area contributed by atoms with Gasteiger partial charge in [0.15, 0.2) is 0 Å². The van der Waals surface area contributed by atoms with Crippen molar-refractivity contribution in [3.63, 3.8) is 0 Å². The highest BCUT2D eigenvalue weighted by Gasteiger charge is 2.11. The second kappa shape index (κ2) is 8.70. The number of pyridine rings is 2. The van der Waals surface area contributed by atoms with E-state index in [0.717, 1.165) is 32.8 Å². The fraction of sp³-hybridized carbons (Fsp3) is 0.154. The summed E-state index contributed by atoms with van der Waals surface area (Å²) in [6, 6.07) is 16.0. The summed E-state index contributed by atoms with van der Waals surface area (Å²) in [6.07, 6.45) is 5.05. The number of nitrogen functional groups attached to an aromatic ring is 1. The van der Waals surface area contributed by atoms with Gasteiger partial charge in [-0.25, -0.2) is 15.0 Å². The summed E-state index contributed by atoms with van der Waals surface area (Å²) in [6.45, 7) is 5.24. The molecule has 3 aromatic heterocycles. The Morgan fingerprint density at radius 2 is 1.82 bits per heavy atom. The number of aryl methyl sites for hydroxylation is 2. The van der Waals surface area contributed by atoms with E-state index < -0.39 is 0 Å². The molecule has 164 valence electrons. The van der Waals surface area contributed by atoms with E-state index in [2.05, 4.69) is 51.2 Å². The molecule has 0 saturated carbocycles. The lowest BCUT2D eigenvalue weighted by atomic mass is 9.96. The van der Waals surface area contributed by atoms with Crippen molar-refractivity contribution in [2.45, 2.75) is 27.0 Å². The third kappa shape index (κ3) is 4.25. The van der Waals surface area contributed by atoms with Crippen LogP contribution < -0.4 is 15.8 Å². The van der Waals surface area contributed by atoms with Gasteiger partial charge in [0.25, 0.3) is 0 Å². The summed E-state index contributed by atoms with van der Waals surface area (Å²) >= 11 is 0. The van der Waals surface area contributed by atoms with Gasteiger partial charge in [-0.05, 0) is 71.8 Å². The van der Waals surface area contributed by atoms with Crippen molar-refractivity contribution >= 4 is 33.3 Å². The first-order chi connectivity index (χ1) is 16.1. The smallest absolute Gasteiger partial charge is 0.218 e. The minimum Gasteiger partial charge on any atom is -0.473 e. The van der Waals surface area contributed by atoms with Crippen molar-refractivity contribution in [1.29, 1.82) is 0 Å². The highest BCUT2D eigenvalue weighted by Crippen LogP contribution is 2.28. The summed E-state index contributed by atoms with van der Waals surface area (Å²) < 4.78 is 5.92. The molecule has 0 spiro atoms. The molecule has 0 atom stereocenters. The fourth-order valence-electron chi connectivity index (χ4n) is 4.07. The number of fused-ring (bicyclic) bond motifs is 2. The second-order valence-electron chi connectivity index (χ2n) is 8.00. The largest absolute Gasteiger partial charge is 0.473 e. The Balaban J connectivity index is 1.29. The summed E-state index contributed by atoms with van der Waals surface area (Å²) in [5.41, 5.74) is 11.6. The van der Waals surface area contributed by atoms with Crippen LogP contribution in [0.1, 0.15) is 22.3 Å². The molecule has 7 heteroatoms. The molecule has 3 heterocycles. The number of ether oxygens (including phenoxy) is 1. The monoisotopic (exact) mass is 436 g/mol. The number of anilines is 2. The van der Waals surface area contributed by atoms with E-state index in [-0.39, 0.29) is 0 Å². The van der Waals surface area contributed by atoms with E-state index in [4.69, 9.17) is 10.5 Å². The minimum atomic E-state index is 0.416. The molecular formula is C26H24N6O. The van der Waals surface area contributed by atoms with Gasteiger partial charge in [0.05, 0.1) is 5.52 Å². The quantitative estimate of drug-likeness (QED) is 0.388. The Bertz CT molecular complexity index is 1470. The van der Waals surface area contributed by atoms with Gasteiger partial charge in [-0.3, -0.25) is 4.98 Å². The van der Waals surface area contributed by atoms with E-state index in [1.165, 1.54) is 17.5 Å². The Morgan fingerprint density at radius 1 is 0.909 bits per heavy atom. The predicted octanol–water partition coefficient (Wildman–Crippen LogP) is 4.96. The zero-order valence-electron chi connectivity index (χ0n) is 18.5. The molecule has 0 bridgehead atoms. The molecule has 5 aromatic rings. The number of aromatic nitrogens is 4. The first kappa shape index (κ1) is 20.6. The van der Waals surface area contributed by atoms with E-state index in [9.17, 15) is 0 Å². The summed E-state index contributed by atoms with van der Waals surface area (Å²) in [4.78, 5) is 17.2. The number of nitrogens with two attached hydrogens (primary N) is 1. The van der Waals surface area contributed by atoms with Gasteiger partial charge in [-0.2, -0.15) is 0 Å². The Labute approximate surface area is 191 Å². The molecule has 33 heavy (non-hydrogen) atoms. The number of nitrogens with zero attached hydrogens (tertiary/aromatic N) is 4. The standard InChI is InChI=1S/C26H24N6O/c1-16-10-21-20(7-9-29-26(21)27)17(2)22(16)13-30-24-12-25(32-15-31-24)33-14-18-5-6-23-19(11-18)4-3-8-28-23/h3-12,15H,13-14H2,1-2H3,(H2,27,29)(H,30,31,32). The molecule has 7 nitrogen and oxygen atoms in total. The van der Waals surface area contributed by atoms with Gasteiger partial charge < -0.3 is 15.8 Å². The minimum absolute atomic E-state index is 0.416. The number of rotatable bonds is 6. The third-order valence-electron chi connectivity index (χ3n) is 5.86. The second-order valence-corrected chi connectivity index (χ2v) is 8.00. The van der Waals surface area contributed by atoms with Crippen LogP contribution in [-0.4, -0.2) is 19.9 Å². The molecule has 5 rings (SSSR count). The number of benzene rings is 2. The highest BCUT2D eigenvalue weighted by molar-refractivity contribution is 5.94. The lowest BCUT2D eigenvalue weighted by Gasteiger charge is -2.15. The summed E-state index contributed by atoms with van der Waals surface area (Å²) in [5.74, 6) is 1.78. The maximum Gasteiger partial charge on any atom is 0.218 e. The molecule has 0 aliphatic rings. The van der Waals surface area contributed by atoms with Crippen molar-refractivity contribution in [3.05, 3.63) is 89.5 Å². The average Bonchev–Trinajstić information content (AvgIpc) is 2.83. The zero-order valence-corrected chi connectivity index (χ0v) is 18.5. The van der Waals surface area contributed by atoms with Gasteiger partial charge in [0.2, 0.25) is 5.88 Å². The maximum absolute atomic E-state index is 6.06. The Kier molecular flexibility index (Phi) is 5.44. The van der Waals surface area contributed by atoms with Gasteiger partial charge in [0, 0.05) is 35.8 Å². The maximum atomic E-state index is 6.06. The first-order valence-electron chi connectivity index (χ1n) is 10.7. The van der Waals surface area contributed by atoms with Gasteiger partial charge in [0.1, 0.15) is 24.6 Å². The molecule has 0 fully saturated rings. The van der Waals surface area contributed by atoms with E-state index >= 15 is 0 Å². The van der Waals surface area contributed by atoms with Crippen LogP contribution in [0.3, 0.4) is 0 Å². The molecule has 0 unspecified atom stereocenters. The zero-order chi connectivity index (χ0) is 22.8. The summed E-state index contributed by atoms with van der Waals surface area (Å²) in [5, 5.41) is 6.58. The molecular weight excluding hydrogens is 412 g/mol. The molecule has 0 aliphatic carbocycles. The van der Waals surface area contributed by atoms with Crippen molar-refractivity contribution in [3.8, 4) is 5.88 Å². The third-order valence-corrected chi connectivity index (χ3v) is 5.86. The van der Waals surface area contributed by atoms with Crippen molar-refractivity contribution in [1.82, 2.24) is 19.9 Å². The van der Waals surface area contributed by atoms with Gasteiger partial charge in [-0.1, -0.05) is 12.1 Å². The lowest BCUT2D eigenvalue weighted by molar-refractivity contribution is 0.293. The van der Waals surface area contributed by atoms with Crippen LogP contribution in [0.25, 0.3) is 21.7 Å². The van der Waals surface area contributed by atoms with Gasteiger partial charge in [-0.15, -0.1) is 0 Å². The van der Waals surface area contributed by atoms with Crippen LogP contribution in [0, 0.1) is 13.8 Å². The molecule has 0 amide bonds. The lowest BCUT2D eigenvalue weighted by Crippen LogP contribution is -2.07. The number of hydrogen-bond donors (Lipinski definition) is 2. The molecule has 0 aliphatic heterocycles. The van der Waals surface area contributed by atoms with Crippen LogP contribution in [0.2, 0.25) is 0 Å². The van der Waals surface area contributed by atoms with E-state index in [0.29, 0.717) is 30.7 Å². The average molecular weight is 437 g/mol. The van der Waals surface area contributed by atoms with Crippen LogP contribution in [0.15, 0.2) is 67.3 Å². The summed E-state index contributed by atoms with van der Waals surface area (Å²) in [7, 11) is 0. The normalized spacial score (nSPS) is 11.1. The predicted molar refractivity (Wildman–Crippen MR) is 131 cm³/mol. The number of nitrogens with one attached hydrogen (secondary N) is 1. The van der Waals surface area contributed by atoms with E-state index in [1.807, 2.05) is 36.4 Å². The fourth-order valence-corrected chi connectivity index (χ4v) is 4.07. The van der Waals surface area contributed by atoms with Crippen molar-refractivity contribution < 1.29 is 4.74 Å². The van der Waals surface area contributed by atoms with Crippen LogP contribution in [-0.2, 0) is 13.2 Å².